The van der Waals surface area contributed by atoms with Crippen LogP contribution in [0.4, 0.5) is 5.69 Å². The number of hydrogen-bond donors (Lipinski definition) is 1. The average Bonchev–Trinajstić information content (AvgIpc) is 2.73. The Morgan fingerprint density at radius 2 is 2.18 bits per heavy atom. The standard InChI is InChI=1S/C12H8BrClN2S/c13-9-2-1-8(6-15)11(5-9)16-7-10-3-4-12(14)17-10/h1-5,16H,7H2. The highest BCUT2D eigenvalue weighted by atomic mass is 79.9. The van der Waals surface area contributed by atoms with Crippen molar-refractivity contribution >= 4 is 44.6 Å². The molecule has 1 aromatic heterocycles. The lowest BCUT2D eigenvalue weighted by Crippen LogP contribution is -1.99. The first-order chi connectivity index (χ1) is 8.19. The van der Waals surface area contributed by atoms with Gasteiger partial charge >= 0.3 is 0 Å². The highest BCUT2D eigenvalue weighted by Gasteiger charge is 2.03. The van der Waals surface area contributed by atoms with Gasteiger partial charge < -0.3 is 5.32 Å². The van der Waals surface area contributed by atoms with Gasteiger partial charge in [-0.2, -0.15) is 5.26 Å². The second kappa shape index (κ2) is 5.54. The fourth-order valence-corrected chi connectivity index (χ4v) is 2.78. The molecular weight excluding hydrogens is 320 g/mol. The largest absolute Gasteiger partial charge is 0.379 e. The highest BCUT2D eigenvalue weighted by Crippen LogP contribution is 2.24. The van der Waals surface area contributed by atoms with Gasteiger partial charge in [-0.15, -0.1) is 11.3 Å². The Morgan fingerprint density at radius 3 is 2.82 bits per heavy atom. The zero-order valence-corrected chi connectivity index (χ0v) is 11.9. The second-order valence-corrected chi connectivity index (χ2v) is 6.08. The summed E-state index contributed by atoms with van der Waals surface area (Å²) in [6, 6.07) is 11.5. The zero-order chi connectivity index (χ0) is 12.3. The summed E-state index contributed by atoms with van der Waals surface area (Å²) in [5, 5.41) is 12.2. The predicted octanol–water partition coefficient (Wildman–Crippen LogP) is 4.65. The lowest BCUT2D eigenvalue weighted by atomic mass is 10.2. The van der Waals surface area contributed by atoms with Crippen LogP contribution in [0.15, 0.2) is 34.8 Å². The molecule has 0 aliphatic carbocycles. The van der Waals surface area contributed by atoms with Gasteiger partial charge in [0.2, 0.25) is 0 Å². The van der Waals surface area contributed by atoms with E-state index in [9.17, 15) is 0 Å². The molecule has 5 heteroatoms. The number of nitrogens with zero attached hydrogens (tertiary/aromatic N) is 1. The summed E-state index contributed by atoms with van der Waals surface area (Å²) >= 11 is 10.8. The Bertz CT molecular complexity index is 574. The fraction of sp³-hybridized carbons (Fsp3) is 0.0833. The smallest absolute Gasteiger partial charge is 0.101 e. The molecule has 0 spiro atoms. The molecule has 0 bridgehead atoms. The molecule has 0 fully saturated rings. The topological polar surface area (TPSA) is 35.8 Å². The van der Waals surface area contributed by atoms with E-state index in [-0.39, 0.29) is 0 Å². The van der Waals surface area contributed by atoms with E-state index < -0.39 is 0 Å². The van der Waals surface area contributed by atoms with Gasteiger partial charge in [-0.1, -0.05) is 27.5 Å². The van der Waals surface area contributed by atoms with E-state index in [1.165, 1.54) is 11.3 Å². The summed E-state index contributed by atoms with van der Waals surface area (Å²) < 4.78 is 1.72. The molecule has 1 aromatic carbocycles. The summed E-state index contributed by atoms with van der Waals surface area (Å²) in [5.41, 5.74) is 1.46. The highest BCUT2D eigenvalue weighted by molar-refractivity contribution is 9.10. The molecule has 2 aromatic rings. The molecule has 0 aliphatic rings. The normalized spacial score (nSPS) is 9.94. The fourth-order valence-electron chi connectivity index (χ4n) is 1.39. The molecule has 2 nitrogen and oxygen atoms in total. The first-order valence-electron chi connectivity index (χ1n) is 4.87. The minimum absolute atomic E-state index is 0.635. The van der Waals surface area contributed by atoms with Crippen LogP contribution >= 0.6 is 38.9 Å². The van der Waals surface area contributed by atoms with Crippen LogP contribution in [0.1, 0.15) is 10.4 Å². The van der Waals surface area contributed by atoms with Gasteiger partial charge in [-0.25, -0.2) is 0 Å². The number of anilines is 1. The van der Waals surface area contributed by atoms with Gasteiger partial charge in [-0.05, 0) is 30.3 Å². The number of nitriles is 1. The average molecular weight is 328 g/mol. The third kappa shape index (κ3) is 3.22. The van der Waals surface area contributed by atoms with E-state index in [0.717, 1.165) is 19.4 Å². The molecule has 0 unspecified atom stereocenters. The van der Waals surface area contributed by atoms with Crippen molar-refractivity contribution in [3.05, 3.63) is 49.6 Å². The van der Waals surface area contributed by atoms with Crippen molar-refractivity contribution < 1.29 is 0 Å². The molecule has 1 N–H and O–H groups in total. The molecule has 0 atom stereocenters. The maximum atomic E-state index is 8.99. The van der Waals surface area contributed by atoms with Crippen molar-refractivity contribution in [3.8, 4) is 6.07 Å². The van der Waals surface area contributed by atoms with Crippen molar-refractivity contribution in [2.24, 2.45) is 0 Å². The Labute approximate surface area is 117 Å². The van der Waals surface area contributed by atoms with E-state index in [0.29, 0.717) is 12.1 Å². The number of halogens is 2. The molecule has 1 heterocycles. The Hall–Kier alpha value is -1.02. The van der Waals surface area contributed by atoms with Crippen LogP contribution in [-0.4, -0.2) is 0 Å². The van der Waals surface area contributed by atoms with Crippen LogP contribution in [0.25, 0.3) is 0 Å². The van der Waals surface area contributed by atoms with E-state index in [1.807, 2.05) is 24.3 Å². The molecule has 0 aliphatic heterocycles. The van der Waals surface area contributed by atoms with Crippen LogP contribution in [-0.2, 0) is 6.54 Å². The SMILES string of the molecule is N#Cc1ccc(Br)cc1NCc1ccc(Cl)s1. The summed E-state index contributed by atoms with van der Waals surface area (Å²) in [6.45, 7) is 0.669. The Balaban J connectivity index is 2.13. The molecule has 0 radical (unpaired) electrons. The number of nitrogens with one attached hydrogen (secondary N) is 1. The minimum atomic E-state index is 0.635. The maximum Gasteiger partial charge on any atom is 0.101 e. The van der Waals surface area contributed by atoms with Crippen LogP contribution in [0, 0.1) is 11.3 Å². The maximum absolute atomic E-state index is 8.99. The van der Waals surface area contributed by atoms with Crippen molar-refractivity contribution in [2.75, 3.05) is 5.32 Å². The third-order valence-electron chi connectivity index (χ3n) is 2.18. The summed E-state index contributed by atoms with van der Waals surface area (Å²) in [7, 11) is 0. The zero-order valence-electron chi connectivity index (χ0n) is 8.71. The number of hydrogen-bond acceptors (Lipinski definition) is 3. The number of thiophene rings is 1. The predicted molar refractivity (Wildman–Crippen MR) is 75.5 cm³/mol. The quantitative estimate of drug-likeness (QED) is 0.891. The molecule has 0 saturated carbocycles. The Kier molecular flexibility index (Phi) is 4.06. The van der Waals surface area contributed by atoms with Gasteiger partial charge in [0.05, 0.1) is 15.6 Å². The minimum Gasteiger partial charge on any atom is -0.379 e. The van der Waals surface area contributed by atoms with Gasteiger partial charge in [0, 0.05) is 15.9 Å². The summed E-state index contributed by atoms with van der Waals surface area (Å²) in [6.07, 6.45) is 0. The van der Waals surface area contributed by atoms with Gasteiger partial charge in [0.25, 0.3) is 0 Å². The van der Waals surface area contributed by atoms with Crippen LogP contribution in [0.3, 0.4) is 0 Å². The van der Waals surface area contributed by atoms with Crippen LogP contribution < -0.4 is 5.32 Å². The second-order valence-electron chi connectivity index (χ2n) is 3.36. The van der Waals surface area contributed by atoms with E-state index >= 15 is 0 Å². The first-order valence-corrected chi connectivity index (χ1v) is 6.85. The molecule has 86 valence electrons. The van der Waals surface area contributed by atoms with Crippen molar-refractivity contribution in [3.63, 3.8) is 0 Å². The van der Waals surface area contributed by atoms with E-state index in [4.69, 9.17) is 16.9 Å². The number of benzene rings is 1. The molecular formula is C12H8BrClN2S. The van der Waals surface area contributed by atoms with E-state index in [1.54, 1.807) is 6.07 Å². The van der Waals surface area contributed by atoms with Crippen molar-refractivity contribution in [1.82, 2.24) is 0 Å². The summed E-state index contributed by atoms with van der Waals surface area (Å²) in [5.74, 6) is 0. The Morgan fingerprint density at radius 1 is 1.35 bits per heavy atom. The third-order valence-corrected chi connectivity index (χ3v) is 3.91. The van der Waals surface area contributed by atoms with Gasteiger partial charge in [-0.3, -0.25) is 0 Å². The van der Waals surface area contributed by atoms with E-state index in [2.05, 4.69) is 27.3 Å². The number of rotatable bonds is 3. The van der Waals surface area contributed by atoms with Gasteiger partial charge in [0.1, 0.15) is 6.07 Å². The molecule has 2 rings (SSSR count). The van der Waals surface area contributed by atoms with Gasteiger partial charge in [0.15, 0.2) is 0 Å². The lowest BCUT2D eigenvalue weighted by molar-refractivity contribution is 1.19. The molecule has 17 heavy (non-hydrogen) atoms. The summed E-state index contributed by atoms with van der Waals surface area (Å²) in [4.78, 5) is 1.14. The van der Waals surface area contributed by atoms with Crippen LogP contribution in [0.2, 0.25) is 4.34 Å². The van der Waals surface area contributed by atoms with Crippen LogP contribution in [0.5, 0.6) is 0 Å². The molecule has 0 amide bonds. The molecule has 0 saturated heterocycles. The monoisotopic (exact) mass is 326 g/mol. The van der Waals surface area contributed by atoms with Crippen molar-refractivity contribution in [2.45, 2.75) is 6.54 Å². The van der Waals surface area contributed by atoms with Crippen molar-refractivity contribution in [1.29, 1.82) is 5.26 Å². The first kappa shape index (κ1) is 12.4. The lowest BCUT2D eigenvalue weighted by Gasteiger charge is -2.07.